The fourth-order valence-corrected chi connectivity index (χ4v) is 1.56. The second kappa shape index (κ2) is 4.72. The molecule has 0 aliphatic carbocycles. The second-order valence-corrected chi connectivity index (χ2v) is 3.89. The Bertz CT molecular complexity index is 210. The summed E-state index contributed by atoms with van der Waals surface area (Å²) >= 11 is 0. The molecule has 1 saturated heterocycles. The molecule has 14 heavy (non-hydrogen) atoms. The maximum Gasteiger partial charge on any atom is 0.321 e. The van der Waals surface area contributed by atoms with Crippen LogP contribution in [0.3, 0.4) is 0 Å². The zero-order chi connectivity index (χ0) is 10.7. The van der Waals surface area contributed by atoms with Crippen LogP contribution in [0, 0.1) is 0 Å². The van der Waals surface area contributed by atoms with Crippen molar-refractivity contribution in [2.24, 2.45) is 5.73 Å². The van der Waals surface area contributed by atoms with E-state index in [-0.39, 0.29) is 12.1 Å². The Hall–Kier alpha value is -0.650. The molecule has 1 rings (SSSR count). The van der Waals surface area contributed by atoms with Crippen LogP contribution in [0.2, 0.25) is 0 Å². The van der Waals surface area contributed by atoms with Crippen LogP contribution in [0.5, 0.6) is 0 Å². The van der Waals surface area contributed by atoms with Gasteiger partial charge < -0.3 is 15.6 Å². The summed E-state index contributed by atoms with van der Waals surface area (Å²) in [4.78, 5) is 12.6. The third-order valence-corrected chi connectivity index (χ3v) is 2.49. The van der Waals surface area contributed by atoms with Crippen LogP contribution in [-0.4, -0.2) is 53.9 Å². The van der Waals surface area contributed by atoms with E-state index in [1.54, 1.807) is 0 Å². The molecule has 0 aromatic rings. The van der Waals surface area contributed by atoms with Crippen molar-refractivity contribution >= 4 is 5.97 Å². The molecule has 0 aromatic heterocycles. The standard InChI is InChI=1S/C9H18N2O3/c1-6-5-14-7(2)3-11(6)4-8(10)9(12)13/h6-8H,3-5,10H2,1-2H3,(H,12,13). The van der Waals surface area contributed by atoms with Crippen LogP contribution in [0.1, 0.15) is 13.8 Å². The van der Waals surface area contributed by atoms with Gasteiger partial charge in [0.05, 0.1) is 12.7 Å². The highest BCUT2D eigenvalue weighted by Crippen LogP contribution is 2.11. The quantitative estimate of drug-likeness (QED) is 0.645. The van der Waals surface area contributed by atoms with Crippen molar-refractivity contribution < 1.29 is 14.6 Å². The minimum absolute atomic E-state index is 0.159. The van der Waals surface area contributed by atoms with Crippen molar-refractivity contribution in [3.63, 3.8) is 0 Å². The van der Waals surface area contributed by atoms with Gasteiger partial charge in [0.1, 0.15) is 6.04 Å². The van der Waals surface area contributed by atoms with Gasteiger partial charge in [0.2, 0.25) is 0 Å². The Morgan fingerprint density at radius 2 is 2.36 bits per heavy atom. The fourth-order valence-electron chi connectivity index (χ4n) is 1.56. The fraction of sp³-hybridized carbons (Fsp3) is 0.889. The summed E-state index contributed by atoms with van der Waals surface area (Å²) in [5, 5.41) is 8.68. The summed E-state index contributed by atoms with van der Waals surface area (Å²) in [6.45, 7) is 5.78. The molecule has 1 aliphatic rings. The van der Waals surface area contributed by atoms with E-state index in [9.17, 15) is 4.79 Å². The highest BCUT2D eigenvalue weighted by Gasteiger charge is 2.26. The summed E-state index contributed by atoms with van der Waals surface area (Å²) in [5.41, 5.74) is 5.47. The van der Waals surface area contributed by atoms with E-state index in [2.05, 4.69) is 4.90 Å². The molecule has 82 valence electrons. The van der Waals surface area contributed by atoms with Crippen molar-refractivity contribution in [3.8, 4) is 0 Å². The summed E-state index contributed by atoms with van der Waals surface area (Å²) < 4.78 is 5.43. The van der Waals surface area contributed by atoms with Gasteiger partial charge >= 0.3 is 5.97 Å². The predicted molar refractivity (Wildman–Crippen MR) is 52.1 cm³/mol. The van der Waals surface area contributed by atoms with E-state index >= 15 is 0 Å². The molecule has 0 radical (unpaired) electrons. The monoisotopic (exact) mass is 202 g/mol. The molecular formula is C9H18N2O3. The van der Waals surface area contributed by atoms with Gasteiger partial charge in [0, 0.05) is 19.1 Å². The largest absolute Gasteiger partial charge is 0.480 e. The van der Waals surface area contributed by atoms with Crippen LogP contribution < -0.4 is 5.73 Å². The molecule has 1 heterocycles. The SMILES string of the molecule is CC1CN(CC(N)C(=O)O)C(C)CO1. The molecule has 0 amide bonds. The number of hydrogen-bond acceptors (Lipinski definition) is 4. The number of nitrogens with zero attached hydrogens (tertiary/aromatic N) is 1. The Morgan fingerprint density at radius 1 is 1.71 bits per heavy atom. The van der Waals surface area contributed by atoms with Crippen molar-refractivity contribution in [2.45, 2.75) is 32.0 Å². The van der Waals surface area contributed by atoms with Gasteiger partial charge in [-0.2, -0.15) is 0 Å². The first-order valence-corrected chi connectivity index (χ1v) is 4.84. The van der Waals surface area contributed by atoms with Crippen LogP contribution in [-0.2, 0) is 9.53 Å². The van der Waals surface area contributed by atoms with Gasteiger partial charge in [-0.05, 0) is 13.8 Å². The average molecular weight is 202 g/mol. The van der Waals surface area contributed by atoms with Crippen molar-refractivity contribution in [1.82, 2.24) is 4.90 Å². The normalized spacial score (nSPS) is 31.4. The van der Waals surface area contributed by atoms with E-state index in [0.717, 1.165) is 6.54 Å². The van der Waals surface area contributed by atoms with Crippen LogP contribution in [0.15, 0.2) is 0 Å². The molecule has 5 heteroatoms. The first-order valence-electron chi connectivity index (χ1n) is 4.84. The number of hydrogen-bond donors (Lipinski definition) is 2. The van der Waals surface area contributed by atoms with Crippen molar-refractivity contribution in [3.05, 3.63) is 0 Å². The number of carboxylic acids is 1. The molecule has 1 aliphatic heterocycles. The van der Waals surface area contributed by atoms with E-state index in [0.29, 0.717) is 13.2 Å². The maximum atomic E-state index is 10.6. The minimum atomic E-state index is -0.948. The lowest BCUT2D eigenvalue weighted by atomic mass is 10.1. The molecule has 0 spiro atoms. The number of aliphatic carboxylic acids is 1. The summed E-state index contributed by atoms with van der Waals surface area (Å²) in [6, 6.07) is -0.556. The Labute approximate surface area is 83.8 Å². The zero-order valence-corrected chi connectivity index (χ0v) is 8.64. The first kappa shape index (κ1) is 11.4. The lowest BCUT2D eigenvalue weighted by Gasteiger charge is -2.37. The van der Waals surface area contributed by atoms with Gasteiger partial charge in [-0.15, -0.1) is 0 Å². The number of nitrogens with two attached hydrogens (primary N) is 1. The van der Waals surface area contributed by atoms with E-state index in [4.69, 9.17) is 15.6 Å². The van der Waals surface area contributed by atoms with Crippen LogP contribution in [0.4, 0.5) is 0 Å². The topological polar surface area (TPSA) is 75.8 Å². The molecule has 1 fully saturated rings. The van der Waals surface area contributed by atoms with Crippen molar-refractivity contribution in [1.29, 1.82) is 0 Å². The molecule has 3 N–H and O–H groups in total. The Balaban J connectivity index is 2.45. The smallest absolute Gasteiger partial charge is 0.321 e. The molecule has 5 nitrogen and oxygen atoms in total. The third kappa shape index (κ3) is 2.94. The molecule has 3 unspecified atom stereocenters. The van der Waals surface area contributed by atoms with Gasteiger partial charge in [-0.25, -0.2) is 0 Å². The number of carboxylic acid groups (broad SMARTS) is 1. The third-order valence-electron chi connectivity index (χ3n) is 2.49. The maximum absolute atomic E-state index is 10.6. The van der Waals surface area contributed by atoms with Crippen LogP contribution >= 0.6 is 0 Å². The molecule has 0 bridgehead atoms. The highest BCUT2D eigenvalue weighted by atomic mass is 16.5. The Morgan fingerprint density at radius 3 is 2.93 bits per heavy atom. The number of carbonyl (C=O) groups is 1. The van der Waals surface area contributed by atoms with E-state index in [1.165, 1.54) is 0 Å². The van der Waals surface area contributed by atoms with E-state index in [1.807, 2.05) is 13.8 Å². The minimum Gasteiger partial charge on any atom is -0.480 e. The molecular weight excluding hydrogens is 184 g/mol. The van der Waals surface area contributed by atoms with Gasteiger partial charge in [0.25, 0.3) is 0 Å². The van der Waals surface area contributed by atoms with Crippen LogP contribution in [0.25, 0.3) is 0 Å². The zero-order valence-electron chi connectivity index (χ0n) is 8.64. The van der Waals surface area contributed by atoms with Gasteiger partial charge in [0.15, 0.2) is 0 Å². The van der Waals surface area contributed by atoms with Gasteiger partial charge in [-0.1, -0.05) is 0 Å². The molecule has 0 saturated carbocycles. The number of rotatable bonds is 3. The first-order chi connectivity index (χ1) is 6.50. The molecule has 3 atom stereocenters. The molecule has 0 aromatic carbocycles. The van der Waals surface area contributed by atoms with Gasteiger partial charge in [-0.3, -0.25) is 9.69 Å². The lowest BCUT2D eigenvalue weighted by molar-refractivity contribution is -0.140. The lowest BCUT2D eigenvalue weighted by Crippen LogP contribution is -2.53. The predicted octanol–water partition coefficient (Wildman–Crippen LogP) is -0.492. The number of ether oxygens (including phenoxy) is 1. The van der Waals surface area contributed by atoms with Crippen molar-refractivity contribution in [2.75, 3.05) is 19.7 Å². The average Bonchev–Trinajstić information content (AvgIpc) is 2.11. The Kier molecular flexibility index (Phi) is 3.86. The van der Waals surface area contributed by atoms with E-state index < -0.39 is 12.0 Å². The second-order valence-electron chi connectivity index (χ2n) is 3.89. The number of morpholine rings is 1. The summed E-state index contributed by atoms with van der Waals surface area (Å²) in [6.07, 6.45) is 0.159. The summed E-state index contributed by atoms with van der Waals surface area (Å²) in [5.74, 6) is -0.948. The highest BCUT2D eigenvalue weighted by molar-refractivity contribution is 5.73. The summed E-state index contributed by atoms with van der Waals surface area (Å²) in [7, 11) is 0.